The first-order chi connectivity index (χ1) is 6.65. The minimum atomic E-state index is -0.975. The van der Waals surface area contributed by atoms with Crippen molar-refractivity contribution in [1.29, 1.82) is 0 Å². The Morgan fingerprint density at radius 3 is 2.71 bits per heavy atom. The van der Waals surface area contributed by atoms with Gasteiger partial charge in [0, 0.05) is 3.57 Å². The molecule has 0 saturated carbocycles. The molecule has 0 heterocycles. The summed E-state index contributed by atoms with van der Waals surface area (Å²) in [6.45, 7) is 1.96. The molecule has 4 heteroatoms. The maximum Gasteiger partial charge on any atom is 0.405 e. The Bertz CT molecular complexity index is 328. The van der Waals surface area contributed by atoms with Gasteiger partial charge in [-0.3, -0.25) is 0 Å². The molecule has 14 heavy (non-hydrogen) atoms. The van der Waals surface area contributed by atoms with E-state index in [9.17, 15) is 4.79 Å². The molecule has 0 aliphatic carbocycles. The van der Waals surface area contributed by atoms with Crippen LogP contribution in [-0.4, -0.2) is 11.2 Å². The van der Waals surface area contributed by atoms with Crippen molar-refractivity contribution in [2.75, 3.05) is 0 Å². The van der Waals surface area contributed by atoms with Gasteiger partial charge in [-0.15, -0.1) is 0 Å². The van der Waals surface area contributed by atoms with Crippen LogP contribution in [-0.2, 0) is 0 Å². The standard InChI is InChI=1S/C10H12INO2/c1-2-9(12-10(13)14)7-5-3-4-6-8(7)11/h3-6,9,12H,2H2,1H3,(H,13,14)/t9-/m1/s1. The van der Waals surface area contributed by atoms with Crippen molar-refractivity contribution < 1.29 is 9.90 Å². The first kappa shape index (κ1) is 11.3. The summed E-state index contributed by atoms with van der Waals surface area (Å²) < 4.78 is 1.09. The Hall–Kier alpha value is -0.780. The van der Waals surface area contributed by atoms with Crippen molar-refractivity contribution in [3.63, 3.8) is 0 Å². The highest BCUT2D eigenvalue weighted by molar-refractivity contribution is 14.1. The fourth-order valence-electron chi connectivity index (χ4n) is 1.31. The SMILES string of the molecule is CC[C@@H](NC(=O)O)c1ccccc1I. The molecule has 0 aliphatic rings. The normalized spacial score (nSPS) is 12.1. The molecule has 1 aromatic rings. The van der Waals surface area contributed by atoms with Gasteiger partial charge < -0.3 is 10.4 Å². The molecule has 0 bridgehead atoms. The summed E-state index contributed by atoms with van der Waals surface area (Å²) in [5, 5.41) is 11.2. The number of carboxylic acid groups (broad SMARTS) is 1. The first-order valence-corrected chi connectivity index (χ1v) is 5.47. The molecule has 1 aromatic carbocycles. The highest BCUT2D eigenvalue weighted by Gasteiger charge is 2.13. The number of carbonyl (C=O) groups is 1. The number of hydrogen-bond donors (Lipinski definition) is 2. The van der Waals surface area contributed by atoms with E-state index in [0.29, 0.717) is 0 Å². The molecule has 0 aliphatic heterocycles. The molecule has 0 aromatic heterocycles. The molecule has 0 fully saturated rings. The molecule has 1 amide bonds. The number of amides is 1. The molecule has 0 unspecified atom stereocenters. The van der Waals surface area contributed by atoms with E-state index in [4.69, 9.17) is 5.11 Å². The zero-order chi connectivity index (χ0) is 10.6. The molecule has 0 spiro atoms. The van der Waals surface area contributed by atoms with Crippen LogP contribution >= 0.6 is 22.6 Å². The van der Waals surface area contributed by atoms with E-state index in [0.717, 1.165) is 15.6 Å². The summed E-state index contributed by atoms with van der Waals surface area (Å²) in [7, 11) is 0. The van der Waals surface area contributed by atoms with E-state index in [-0.39, 0.29) is 6.04 Å². The topological polar surface area (TPSA) is 49.3 Å². The Morgan fingerprint density at radius 2 is 2.21 bits per heavy atom. The van der Waals surface area contributed by atoms with Gasteiger partial charge in [0.05, 0.1) is 6.04 Å². The highest BCUT2D eigenvalue weighted by Crippen LogP contribution is 2.21. The molecular weight excluding hydrogens is 293 g/mol. The monoisotopic (exact) mass is 305 g/mol. The van der Waals surface area contributed by atoms with Crippen molar-refractivity contribution >= 4 is 28.7 Å². The van der Waals surface area contributed by atoms with Gasteiger partial charge in [0.1, 0.15) is 0 Å². The summed E-state index contributed by atoms with van der Waals surface area (Å²) >= 11 is 2.21. The fraction of sp³-hybridized carbons (Fsp3) is 0.300. The summed E-state index contributed by atoms with van der Waals surface area (Å²) in [6.07, 6.45) is -0.219. The lowest BCUT2D eigenvalue weighted by Crippen LogP contribution is -2.26. The Labute approximate surface area is 96.7 Å². The number of nitrogens with one attached hydrogen (secondary N) is 1. The summed E-state index contributed by atoms with van der Waals surface area (Å²) in [5.41, 5.74) is 1.04. The van der Waals surface area contributed by atoms with Gasteiger partial charge in [0.25, 0.3) is 0 Å². The molecule has 0 saturated heterocycles. The number of hydrogen-bond acceptors (Lipinski definition) is 1. The van der Waals surface area contributed by atoms with Gasteiger partial charge in [0.15, 0.2) is 0 Å². The van der Waals surface area contributed by atoms with Crippen LogP contribution in [0.2, 0.25) is 0 Å². The third-order valence-electron chi connectivity index (χ3n) is 1.99. The van der Waals surface area contributed by atoms with E-state index < -0.39 is 6.09 Å². The lowest BCUT2D eigenvalue weighted by Gasteiger charge is -2.16. The van der Waals surface area contributed by atoms with E-state index >= 15 is 0 Å². The minimum Gasteiger partial charge on any atom is -0.465 e. The zero-order valence-electron chi connectivity index (χ0n) is 7.83. The second-order valence-electron chi connectivity index (χ2n) is 2.93. The van der Waals surface area contributed by atoms with Crippen molar-refractivity contribution in [3.8, 4) is 0 Å². The predicted octanol–water partition coefficient (Wildman–Crippen LogP) is 3.01. The van der Waals surface area contributed by atoms with Crippen LogP contribution in [0.3, 0.4) is 0 Å². The first-order valence-electron chi connectivity index (χ1n) is 4.39. The predicted molar refractivity (Wildman–Crippen MR) is 63.4 cm³/mol. The largest absolute Gasteiger partial charge is 0.465 e. The molecule has 1 atom stereocenters. The number of halogens is 1. The molecule has 2 N–H and O–H groups in total. The third-order valence-corrected chi connectivity index (χ3v) is 2.97. The molecule has 3 nitrogen and oxygen atoms in total. The van der Waals surface area contributed by atoms with E-state index in [1.165, 1.54) is 0 Å². The molecular formula is C10H12INO2. The van der Waals surface area contributed by atoms with Crippen molar-refractivity contribution in [1.82, 2.24) is 5.32 Å². The van der Waals surface area contributed by atoms with Gasteiger partial charge in [-0.1, -0.05) is 25.1 Å². The average Bonchev–Trinajstić information content (AvgIpc) is 2.15. The van der Waals surface area contributed by atoms with Crippen molar-refractivity contribution in [2.24, 2.45) is 0 Å². The van der Waals surface area contributed by atoms with Crippen LogP contribution < -0.4 is 5.32 Å². The van der Waals surface area contributed by atoms with Crippen molar-refractivity contribution in [2.45, 2.75) is 19.4 Å². The van der Waals surface area contributed by atoms with Gasteiger partial charge in [-0.25, -0.2) is 4.79 Å². The Morgan fingerprint density at radius 1 is 1.57 bits per heavy atom. The maximum atomic E-state index is 10.5. The number of rotatable bonds is 3. The molecule has 1 rings (SSSR count). The fourth-order valence-corrected chi connectivity index (χ4v) is 2.07. The second kappa shape index (κ2) is 5.19. The lowest BCUT2D eigenvalue weighted by atomic mass is 10.1. The minimum absolute atomic E-state index is 0.111. The van der Waals surface area contributed by atoms with Crippen LogP contribution in [0, 0.1) is 3.57 Å². The second-order valence-corrected chi connectivity index (χ2v) is 4.09. The molecule has 76 valence electrons. The van der Waals surface area contributed by atoms with E-state index in [2.05, 4.69) is 27.9 Å². The highest BCUT2D eigenvalue weighted by atomic mass is 127. The Balaban J connectivity index is 2.89. The third kappa shape index (κ3) is 2.87. The average molecular weight is 305 g/mol. The van der Waals surface area contributed by atoms with Crippen LogP contribution in [0.15, 0.2) is 24.3 Å². The van der Waals surface area contributed by atoms with E-state index in [1.54, 1.807) is 0 Å². The van der Waals surface area contributed by atoms with Crippen LogP contribution in [0.4, 0.5) is 4.79 Å². The summed E-state index contributed by atoms with van der Waals surface area (Å²) in [5.74, 6) is 0. The van der Waals surface area contributed by atoms with Gasteiger partial charge in [-0.2, -0.15) is 0 Å². The lowest BCUT2D eigenvalue weighted by molar-refractivity contribution is 0.189. The number of benzene rings is 1. The quantitative estimate of drug-likeness (QED) is 0.843. The smallest absolute Gasteiger partial charge is 0.405 e. The van der Waals surface area contributed by atoms with Gasteiger partial charge in [0.2, 0.25) is 0 Å². The Kier molecular flexibility index (Phi) is 4.19. The zero-order valence-corrected chi connectivity index (χ0v) is 9.98. The van der Waals surface area contributed by atoms with E-state index in [1.807, 2.05) is 31.2 Å². The summed E-state index contributed by atoms with van der Waals surface area (Å²) in [4.78, 5) is 10.5. The van der Waals surface area contributed by atoms with Gasteiger partial charge in [-0.05, 0) is 40.6 Å². The molecule has 0 radical (unpaired) electrons. The van der Waals surface area contributed by atoms with Crippen LogP contribution in [0.1, 0.15) is 24.9 Å². The van der Waals surface area contributed by atoms with Crippen LogP contribution in [0.25, 0.3) is 0 Å². The van der Waals surface area contributed by atoms with Gasteiger partial charge >= 0.3 is 6.09 Å². The van der Waals surface area contributed by atoms with Crippen molar-refractivity contribution in [3.05, 3.63) is 33.4 Å². The summed E-state index contributed by atoms with van der Waals surface area (Å²) in [6, 6.07) is 7.68. The van der Waals surface area contributed by atoms with Crippen LogP contribution in [0.5, 0.6) is 0 Å². The maximum absolute atomic E-state index is 10.5.